The molecular weight excluding hydrogens is 276 g/mol. The van der Waals surface area contributed by atoms with Crippen molar-refractivity contribution in [3.05, 3.63) is 29.8 Å². The van der Waals surface area contributed by atoms with E-state index in [0.717, 1.165) is 22.9 Å². The van der Waals surface area contributed by atoms with E-state index in [1.54, 1.807) is 0 Å². The van der Waals surface area contributed by atoms with Gasteiger partial charge < -0.3 is 4.74 Å². The van der Waals surface area contributed by atoms with Crippen LogP contribution in [-0.2, 0) is 14.8 Å². The summed E-state index contributed by atoms with van der Waals surface area (Å²) in [4.78, 5) is -0.631. The third kappa shape index (κ3) is 3.10. The first-order valence-corrected chi connectivity index (χ1v) is 7.34. The van der Waals surface area contributed by atoms with Gasteiger partial charge in [-0.05, 0) is 30.5 Å². The van der Waals surface area contributed by atoms with Crippen LogP contribution in [0.3, 0.4) is 0 Å². The highest BCUT2D eigenvalue weighted by atomic mass is 32.2. The Morgan fingerprint density at radius 2 is 2.16 bits per heavy atom. The molecule has 0 N–H and O–H groups in total. The van der Waals surface area contributed by atoms with E-state index in [2.05, 4.69) is 0 Å². The van der Waals surface area contributed by atoms with Crippen LogP contribution < -0.4 is 0 Å². The zero-order valence-corrected chi connectivity index (χ0v) is 11.3. The zero-order valence-electron chi connectivity index (χ0n) is 10.5. The van der Waals surface area contributed by atoms with Gasteiger partial charge in [0.2, 0.25) is 10.0 Å². The molecule has 1 heterocycles. The predicted octanol–water partition coefficient (Wildman–Crippen LogP) is 1.62. The Labute approximate surface area is 111 Å². The Kier molecular flexibility index (Phi) is 4.17. The molecule has 0 aromatic heterocycles. The summed E-state index contributed by atoms with van der Waals surface area (Å²) in [6.45, 7) is 1.33. The summed E-state index contributed by atoms with van der Waals surface area (Å²) in [5.74, 6) is -1.63. The van der Waals surface area contributed by atoms with Gasteiger partial charge in [-0.3, -0.25) is 0 Å². The monoisotopic (exact) mass is 291 g/mol. The molecule has 1 saturated heterocycles. The summed E-state index contributed by atoms with van der Waals surface area (Å²) >= 11 is 0. The van der Waals surface area contributed by atoms with Crippen LogP contribution in [0.4, 0.5) is 8.78 Å². The van der Waals surface area contributed by atoms with Gasteiger partial charge >= 0.3 is 0 Å². The largest absolute Gasteiger partial charge is 0.381 e. The lowest BCUT2D eigenvalue weighted by Gasteiger charge is -2.20. The molecule has 0 saturated carbocycles. The number of nitrogens with zero attached hydrogens (tertiary/aromatic N) is 1. The molecule has 106 valence electrons. The van der Waals surface area contributed by atoms with Crippen molar-refractivity contribution >= 4 is 10.0 Å². The second-order valence-corrected chi connectivity index (χ2v) is 6.60. The van der Waals surface area contributed by atoms with Crippen LogP contribution >= 0.6 is 0 Å². The number of halogens is 2. The molecule has 19 heavy (non-hydrogen) atoms. The van der Waals surface area contributed by atoms with Crippen molar-refractivity contribution < 1.29 is 21.9 Å². The third-order valence-electron chi connectivity index (χ3n) is 3.12. The first-order chi connectivity index (χ1) is 8.91. The Morgan fingerprint density at radius 1 is 1.42 bits per heavy atom. The zero-order chi connectivity index (χ0) is 14.0. The molecule has 0 radical (unpaired) electrons. The summed E-state index contributed by atoms with van der Waals surface area (Å²) in [6, 6.07) is 2.40. The van der Waals surface area contributed by atoms with Crippen molar-refractivity contribution in [1.82, 2.24) is 4.31 Å². The fraction of sp³-hybridized carbons (Fsp3) is 0.500. The molecule has 1 aromatic carbocycles. The van der Waals surface area contributed by atoms with Crippen LogP contribution in [0, 0.1) is 17.6 Å². The van der Waals surface area contributed by atoms with Gasteiger partial charge in [0.15, 0.2) is 0 Å². The minimum atomic E-state index is -4.02. The third-order valence-corrected chi connectivity index (χ3v) is 4.96. The van der Waals surface area contributed by atoms with Crippen LogP contribution in [0.15, 0.2) is 23.1 Å². The number of sulfonamides is 1. The molecule has 4 nitrogen and oxygen atoms in total. The maximum absolute atomic E-state index is 13.5. The van der Waals surface area contributed by atoms with Gasteiger partial charge in [-0.25, -0.2) is 21.5 Å². The van der Waals surface area contributed by atoms with Crippen LogP contribution in [0.25, 0.3) is 0 Å². The molecule has 1 atom stereocenters. The van der Waals surface area contributed by atoms with E-state index in [4.69, 9.17) is 4.74 Å². The van der Waals surface area contributed by atoms with Crippen LogP contribution in [0.2, 0.25) is 0 Å². The normalized spacial score (nSPS) is 20.1. The van der Waals surface area contributed by atoms with E-state index in [-0.39, 0.29) is 12.5 Å². The molecule has 1 fully saturated rings. The fourth-order valence-corrected chi connectivity index (χ4v) is 3.35. The van der Waals surface area contributed by atoms with E-state index in [0.29, 0.717) is 19.3 Å². The summed E-state index contributed by atoms with van der Waals surface area (Å²) in [5, 5.41) is 0. The molecule has 1 aliphatic heterocycles. The molecule has 7 heteroatoms. The van der Waals surface area contributed by atoms with Crippen molar-refractivity contribution in [1.29, 1.82) is 0 Å². The molecule has 0 amide bonds. The second kappa shape index (κ2) is 5.52. The lowest BCUT2D eigenvalue weighted by Crippen LogP contribution is -2.32. The first kappa shape index (κ1) is 14.4. The van der Waals surface area contributed by atoms with Crippen molar-refractivity contribution in [2.75, 3.05) is 26.8 Å². The molecular formula is C12H15F2NO3S. The minimum Gasteiger partial charge on any atom is -0.381 e. The summed E-state index contributed by atoms with van der Waals surface area (Å²) in [7, 11) is -2.66. The molecule has 0 bridgehead atoms. The van der Waals surface area contributed by atoms with Crippen molar-refractivity contribution in [2.24, 2.45) is 5.92 Å². The van der Waals surface area contributed by atoms with Gasteiger partial charge in [0, 0.05) is 20.2 Å². The summed E-state index contributed by atoms with van der Waals surface area (Å²) in [5.41, 5.74) is 0. The number of hydrogen-bond donors (Lipinski definition) is 0. The summed E-state index contributed by atoms with van der Waals surface area (Å²) < 4.78 is 57.2. The SMILES string of the molecule is CN(CC1CCOC1)S(=O)(=O)c1cc(F)ccc1F. The second-order valence-electron chi connectivity index (χ2n) is 4.59. The molecule has 2 rings (SSSR count). The van der Waals surface area contributed by atoms with Gasteiger partial charge in [-0.1, -0.05) is 0 Å². The average molecular weight is 291 g/mol. The maximum Gasteiger partial charge on any atom is 0.245 e. The molecule has 1 aliphatic rings. The first-order valence-electron chi connectivity index (χ1n) is 5.90. The quantitative estimate of drug-likeness (QED) is 0.847. The topological polar surface area (TPSA) is 46.6 Å². The van der Waals surface area contributed by atoms with E-state index in [1.807, 2.05) is 0 Å². The van der Waals surface area contributed by atoms with Crippen LogP contribution in [-0.4, -0.2) is 39.5 Å². The standard InChI is InChI=1S/C12H15F2NO3S/c1-15(7-9-4-5-18-8-9)19(16,17)12-6-10(13)2-3-11(12)14/h2-3,6,9H,4-5,7-8H2,1H3. The van der Waals surface area contributed by atoms with Crippen molar-refractivity contribution in [3.8, 4) is 0 Å². The van der Waals surface area contributed by atoms with E-state index in [9.17, 15) is 17.2 Å². The van der Waals surface area contributed by atoms with E-state index in [1.165, 1.54) is 7.05 Å². The lowest BCUT2D eigenvalue weighted by atomic mass is 10.1. The Balaban J connectivity index is 2.22. The van der Waals surface area contributed by atoms with Gasteiger partial charge in [-0.2, -0.15) is 0 Å². The number of rotatable bonds is 4. The molecule has 0 aliphatic carbocycles. The Bertz CT molecular complexity index is 556. The fourth-order valence-electron chi connectivity index (χ4n) is 2.03. The Morgan fingerprint density at radius 3 is 2.79 bits per heavy atom. The number of hydrogen-bond acceptors (Lipinski definition) is 3. The highest BCUT2D eigenvalue weighted by Crippen LogP contribution is 2.22. The predicted molar refractivity (Wildman–Crippen MR) is 65.1 cm³/mol. The van der Waals surface area contributed by atoms with Crippen LogP contribution in [0.1, 0.15) is 6.42 Å². The lowest BCUT2D eigenvalue weighted by molar-refractivity contribution is 0.182. The van der Waals surface area contributed by atoms with Crippen molar-refractivity contribution in [3.63, 3.8) is 0 Å². The molecule has 0 spiro atoms. The highest BCUT2D eigenvalue weighted by Gasteiger charge is 2.28. The minimum absolute atomic E-state index is 0.0939. The van der Waals surface area contributed by atoms with Gasteiger partial charge in [0.25, 0.3) is 0 Å². The van der Waals surface area contributed by atoms with Gasteiger partial charge in [0.05, 0.1) is 6.61 Å². The van der Waals surface area contributed by atoms with Gasteiger partial charge in [-0.15, -0.1) is 0 Å². The Hall–Kier alpha value is -1.05. The maximum atomic E-state index is 13.5. The van der Waals surface area contributed by atoms with Crippen LogP contribution in [0.5, 0.6) is 0 Å². The number of ether oxygens (including phenoxy) is 1. The van der Waals surface area contributed by atoms with Crippen molar-refractivity contribution in [2.45, 2.75) is 11.3 Å². The number of benzene rings is 1. The van der Waals surface area contributed by atoms with E-state index < -0.39 is 26.6 Å². The molecule has 1 unspecified atom stereocenters. The van der Waals surface area contributed by atoms with Gasteiger partial charge in [0.1, 0.15) is 16.5 Å². The highest BCUT2D eigenvalue weighted by molar-refractivity contribution is 7.89. The smallest absolute Gasteiger partial charge is 0.245 e. The average Bonchev–Trinajstić information content (AvgIpc) is 2.85. The summed E-state index contributed by atoms with van der Waals surface area (Å²) in [6.07, 6.45) is 0.769. The van der Waals surface area contributed by atoms with E-state index >= 15 is 0 Å². The molecule has 1 aromatic rings.